The van der Waals surface area contributed by atoms with Gasteiger partial charge in [0.05, 0.1) is 11.7 Å². The summed E-state index contributed by atoms with van der Waals surface area (Å²) in [5, 5.41) is 10.0. The maximum Gasteiger partial charge on any atom is 0.282 e. The normalized spacial score (nSPS) is 23.2. The van der Waals surface area contributed by atoms with E-state index < -0.39 is 10.2 Å². The molecule has 0 aromatic carbocycles. The summed E-state index contributed by atoms with van der Waals surface area (Å²) in [4.78, 5) is 12.3. The lowest BCUT2D eigenvalue weighted by atomic mass is 10.0. The lowest BCUT2D eigenvalue weighted by Gasteiger charge is -2.35. The van der Waals surface area contributed by atoms with Crippen molar-refractivity contribution in [2.75, 3.05) is 20.6 Å². The third-order valence-electron chi connectivity index (χ3n) is 5.09. The molecule has 0 radical (unpaired) electrons. The number of aromatic amines is 1. The van der Waals surface area contributed by atoms with Gasteiger partial charge in [0.1, 0.15) is 5.69 Å². The Hall–Kier alpha value is -1.45. The van der Waals surface area contributed by atoms with E-state index >= 15 is 0 Å². The van der Waals surface area contributed by atoms with Crippen molar-refractivity contribution in [3.8, 4) is 0 Å². The molecule has 1 saturated heterocycles. The van der Waals surface area contributed by atoms with Crippen LogP contribution in [0.15, 0.2) is 6.07 Å². The molecule has 1 aliphatic carbocycles. The summed E-state index contributed by atoms with van der Waals surface area (Å²) in [5.41, 5.74) is 1.01. The molecule has 2 fully saturated rings. The van der Waals surface area contributed by atoms with Crippen molar-refractivity contribution in [3.63, 3.8) is 0 Å². The second kappa shape index (κ2) is 7.43. The van der Waals surface area contributed by atoms with E-state index in [1.54, 1.807) is 6.07 Å². The number of hydrogen-bond donors (Lipinski definition) is 2. The van der Waals surface area contributed by atoms with Crippen LogP contribution >= 0.6 is 0 Å². The number of aromatic nitrogens is 2. The van der Waals surface area contributed by atoms with E-state index in [-0.39, 0.29) is 18.0 Å². The molecule has 9 heteroatoms. The Morgan fingerprint density at radius 1 is 1.24 bits per heavy atom. The van der Waals surface area contributed by atoms with Crippen LogP contribution in [-0.2, 0) is 10.2 Å². The number of hydrogen-bond acceptors (Lipinski definition) is 4. The number of piperidine rings is 1. The van der Waals surface area contributed by atoms with Gasteiger partial charge >= 0.3 is 0 Å². The quantitative estimate of drug-likeness (QED) is 0.820. The molecule has 8 nitrogen and oxygen atoms in total. The molecule has 0 spiro atoms. The molecular weight excluding hydrogens is 342 g/mol. The molecule has 2 heterocycles. The Morgan fingerprint density at radius 3 is 2.60 bits per heavy atom. The third kappa shape index (κ3) is 3.88. The molecule has 1 atom stereocenters. The van der Waals surface area contributed by atoms with Gasteiger partial charge in [0.25, 0.3) is 16.1 Å². The average Bonchev–Trinajstić information content (AvgIpc) is 3.26. The van der Waals surface area contributed by atoms with Crippen molar-refractivity contribution in [1.29, 1.82) is 0 Å². The first-order valence-corrected chi connectivity index (χ1v) is 10.3. The number of rotatable bonds is 5. The molecule has 140 valence electrons. The van der Waals surface area contributed by atoms with E-state index in [1.165, 1.54) is 22.7 Å². The second-order valence-corrected chi connectivity index (χ2v) is 9.17. The third-order valence-corrected chi connectivity index (χ3v) is 7.04. The van der Waals surface area contributed by atoms with Crippen molar-refractivity contribution in [2.24, 2.45) is 0 Å². The molecule has 1 saturated carbocycles. The smallest absolute Gasteiger partial charge is 0.282 e. The molecule has 1 unspecified atom stereocenters. The first-order valence-electron chi connectivity index (χ1n) is 8.95. The van der Waals surface area contributed by atoms with Gasteiger partial charge in [-0.3, -0.25) is 9.89 Å². The summed E-state index contributed by atoms with van der Waals surface area (Å²) in [6, 6.07) is 1.62. The van der Waals surface area contributed by atoms with E-state index in [0.717, 1.165) is 44.9 Å². The number of carbonyl (C=O) groups is 1. The van der Waals surface area contributed by atoms with Gasteiger partial charge in [-0.1, -0.05) is 19.3 Å². The maximum absolute atomic E-state index is 12.6. The zero-order valence-corrected chi connectivity index (χ0v) is 15.7. The zero-order valence-electron chi connectivity index (χ0n) is 14.9. The molecular formula is C16H27N5O3S. The molecule has 1 aromatic rings. The average molecular weight is 369 g/mol. The first-order chi connectivity index (χ1) is 11.9. The highest BCUT2D eigenvalue weighted by atomic mass is 32.2. The monoisotopic (exact) mass is 369 g/mol. The predicted molar refractivity (Wildman–Crippen MR) is 94.2 cm³/mol. The summed E-state index contributed by atoms with van der Waals surface area (Å²) in [7, 11) is -0.436. The van der Waals surface area contributed by atoms with E-state index in [1.807, 2.05) is 0 Å². The number of nitrogens with one attached hydrogen (secondary N) is 2. The van der Waals surface area contributed by atoms with Crippen LogP contribution in [-0.4, -0.2) is 59.8 Å². The van der Waals surface area contributed by atoms with Crippen molar-refractivity contribution in [3.05, 3.63) is 17.5 Å². The molecule has 2 aliphatic rings. The van der Waals surface area contributed by atoms with Crippen molar-refractivity contribution in [1.82, 2.24) is 24.1 Å². The van der Waals surface area contributed by atoms with Crippen LogP contribution in [0.25, 0.3) is 0 Å². The summed E-state index contributed by atoms with van der Waals surface area (Å²) in [6.45, 7) is 0.480. The van der Waals surface area contributed by atoms with Crippen LogP contribution < -0.4 is 5.32 Å². The topological polar surface area (TPSA) is 98.4 Å². The summed E-state index contributed by atoms with van der Waals surface area (Å²) < 4.78 is 27.9. The van der Waals surface area contributed by atoms with Gasteiger partial charge in [-0.2, -0.15) is 22.1 Å². The maximum atomic E-state index is 12.6. The van der Waals surface area contributed by atoms with Crippen LogP contribution in [0.1, 0.15) is 67.2 Å². The van der Waals surface area contributed by atoms with Gasteiger partial charge < -0.3 is 5.32 Å². The fourth-order valence-corrected chi connectivity index (χ4v) is 4.97. The zero-order chi connectivity index (χ0) is 18.0. The lowest BCUT2D eigenvalue weighted by molar-refractivity contribution is 0.0933. The van der Waals surface area contributed by atoms with E-state index in [4.69, 9.17) is 0 Å². The minimum absolute atomic E-state index is 0.188. The number of carbonyl (C=O) groups excluding carboxylic acids is 1. The van der Waals surface area contributed by atoms with E-state index in [2.05, 4.69) is 15.5 Å². The predicted octanol–water partition coefficient (Wildman–Crippen LogP) is 1.42. The van der Waals surface area contributed by atoms with Gasteiger partial charge in [0.15, 0.2) is 0 Å². The van der Waals surface area contributed by atoms with Gasteiger partial charge in [-0.15, -0.1) is 0 Å². The van der Waals surface area contributed by atoms with Crippen LogP contribution in [0.3, 0.4) is 0 Å². The van der Waals surface area contributed by atoms with Gasteiger partial charge in [0, 0.05) is 26.7 Å². The summed E-state index contributed by atoms with van der Waals surface area (Å²) >= 11 is 0. The highest BCUT2D eigenvalue weighted by Gasteiger charge is 2.36. The minimum Gasteiger partial charge on any atom is -0.348 e. The highest BCUT2D eigenvalue weighted by Crippen LogP contribution is 2.33. The standard InChI is InChI=1S/C16H27N5O3S/c1-20(2)25(23,24)21-10-6-5-9-15(21)13-11-14(19-18-13)16(22)17-12-7-3-4-8-12/h11-12,15H,3-10H2,1-2H3,(H,17,22)(H,18,19). The fourth-order valence-electron chi connectivity index (χ4n) is 3.65. The van der Waals surface area contributed by atoms with Crippen LogP contribution in [0.5, 0.6) is 0 Å². The molecule has 2 N–H and O–H groups in total. The molecule has 25 heavy (non-hydrogen) atoms. The fraction of sp³-hybridized carbons (Fsp3) is 0.750. The van der Waals surface area contributed by atoms with Crippen molar-refractivity contribution in [2.45, 2.75) is 57.0 Å². The van der Waals surface area contributed by atoms with Crippen LogP contribution in [0.4, 0.5) is 0 Å². The highest BCUT2D eigenvalue weighted by molar-refractivity contribution is 7.86. The first kappa shape index (κ1) is 18.3. The number of nitrogens with zero attached hydrogens (tertiary/aromatic N) is 3. The lowest BCUT2D eigenvalue weighted by Crippen LogP contribution is -2.44. The minimum atomic E-state index is -3.51. The number of amides is 1. The SMILES string of the molecule is CN(C)S(=O)(=O)N1CCCCC1c1cc(C(=O)NC2CCCC2)n[nH]1. The van der Waals surface area contributed by atoms with Crippen LogP contribution in [0.2, 0.25) is 0 Å². The molecule has 1 aliphatic heterocycles. The Kier molecular flexibility index (Phi) is 5.45. The Morgan fingerprint density at radius 2 is 1.92 bits per heavy atom. The van der Waals surface area contributed by atoms with Gasteiger partial charge in [0.2, 0.25) is 0 Å². The number of H-pyrrole nitrogens is 1. The van der Waals surface area contributed by atoms with Crippen molar-refractivity contribution < 1.29 is 13.2 Å². The Bertz CT molecular complexity index is 709. The molecule has 3 rings (SSSR count). The van der Waals surface area contributed by atoms with Crippen molar-refractivity contribution >= 4 is 16.1 Å². The Labute approximate surface area is 149 Å². The Balaban J connectivity index is 1.76. The molecule has 1 amide bonds. The molecule has 0 bridgehead atoms. The molecule has 1 aromatic heterocycles. The van der Waals surface area contributed by atoms with Gasteiger partial charge in [-0.05, 0) is 31.7 Å². The van der Waals surface area contributed by atoms with Gasteiger partial charge in [-0.25, -0.2) is 0 Å². The van der Waals surface area contributed by atoms with E-state index in [9.17, 15) is 13.2 Å². The van der Waals surface area contributed by atoms with E-state index in [0.29, 0.717) is 17.9 Å². The second-order valence-electron chi connectivity index (χ2n) is 7.08. The largest absolute Gasteiger partial charge is 0.348 e. The summed E-state index contributed by atoms with van der Waals surface area (Å²) in [5.74, 6) is -0.188. The van der Waals surface area contributed by atoms with Crippen LogP contribution in [0, 0.1) is 0 Å². The summed E-state index contributed by atoms with van der Waals surface area (Å²) in [6.07, 6.45) is 6.84.